The van der Waals surface area contributed by atoms with Crippen molar-refractivity contribution in [1.29, 1.82) is 5.26 Å². The number of halogens is 3. The molecule has 4 nitrogen and oxygen atoms in total. The molecule has 0 amide bonds. The molecule has 21 heavy (non-hydrogen) atoms. The number of aromatic hydroxyl groups is 1. The highest BCUT2D eigenvalue weighted by molar-refractivity contribution is 5.85. The van der Waals surface area contributed by atoms with Crippen LogP contribution in [0.1, 0.15) is 17.2 Å². The SMILES string of the molecule is C=C[C@@H](c1cc(C#N)cc(F)c1O)N1CCNCC1.Cl.Cl. The van der Waals surface area contributed by atoms with Crippen molar-refractivity contribution in [3.63, 3.8) is 0 Å². The van der Waals surface area contributed by atoms with Gasteiger partial charge in [-0.25, -0.2) is 4.39 Å². The third-order valence-electron chi connectivity index (χ3n) is 3.31. The Bertz CT molecular complexity index is 528. The summed E-state index contributed by atoms with van der Waals surface area (Å²) in [5.41, 5.74) is 0.598. The Morgan fingerprint density at radius 3 is 2.52 bits per heavy atom. The number of nitrogens with one attached hydrogen (secondary N) is 1. The van der Waals surface area contributed by atoms with E-state index >= 15 is 0 Å². The Morgan fingerprint density at radius 2 is 2.00 bits per heavy atom. The van der Waals surface area contributed by atoms with Gasteiger partial charge in [-0.05, 0) is 12.1 Å². The molecule has 0 spiro atoms. The van der Waals surface area contributed by atoms with Crippen molar-refractivity contribution in [3.8, 4) is 11.8 Å². The van der Waals surface area contributed by atoms with Crippen LogP contribution in [0.2, 0.25) is 0 Å². The summed E-state index contributed by atoms with van der Waals surface area (Å²) in [6.45, 7) is 7.01. The van der Waals surface area contributed by atoms with Crippen LogP contribution in [0.3, 0.4) is 0 Å². The van der Waals surface area contributed by atoms with Crippen LogP contribution in [-0.4, -0.2) is 36.2 Å². The van der Waals surface area contributed by atoms with Crippen molar-refractivity contribution in [2.45, 2.75) is 6.04 Å². The molecule has 2 N–H and O–H groups in total. The van der Waals surface area contributed by atoms with Crippen LogP contribution in [-0.2, 0) is 0 Å². The zero-order chi connectivity index (χ0) is 13.8. The van der Waals surface area contributed by atoms with Crippen LogP contribution < -0.4 is 5.32 Å². The monoisotopic (exact) mass is 333 g/mol. The molecule has 7 heteroatoms. The minimum absolute atomic E-state index is 0. The molecule has 0 saturated carbocycles. The molecule has 1 aliphatic rings. The summed E-state index contributed by atoms with van der Waals surface area (Å²) in [6.07, 6.45) is 1.67. The molecular weight excluding hydrogens is 316 g/mol. The van der Waals surface area contributed by atoms with Crippen molar-refractivity contribution in [2.75, 3.05) is 26.2 Å². The average Bonchev–Trinajstić information content (AvgIpc) is 2.45. The van der Waals surface area contributed by atoms with E-state index < -0.39 is 11.6 Å². The van der Waals surface area contributed by atoms with Gasteiger partial charge in [-0.15, -0.1) is 31.4 Å². The van der Waals surface area contributed by atoms with E-state index in [0.717, 1.165) is 32.2 Å². The van der Waals surface area contributed by atoms with Gasteiger partial charge in [0.25, 0.3) is 0 Å². The number of benzene rings is 1. The van der Waals surface area contributed by atoms with Gasteiger partial charge in [0.15, 0.2) is 11.6 Å². The van der Waals surface area contributed by atoms with Crippen molar-refractivity contribution >= 4 is 24.8 Å². The molecular formula is C14H18Cl2FN3O. The molecule has 0 bridgehead atoms. The van der Waals surface area contributed by atoms with Crippen LogP contribution in [0.5, 0.6) is 5.75 Å². The van der Waals surface area contributed by atoms with Crippen molar-refractivity contribution in [2.24, 2.45) is 0 Å². The van der Waals surface area contributed by atoms with Crippen LogP contribution in [0.25, 0.3) is 0 Å². The fourth-order valence-electron chi connectivity index (χ4n) is 2.34. The van der Waals surface area contributed by atoms with E-state index in [1.807, 2.05) is 6.07 Å². The Morgan fingerprint density at radius 1 is 1.38 bits per heavy atom. The molecule has 0 aliphatic carbocycles. The fraction of sp³-hybridized carbons (Fsp3) is 0.357. The summed E-state index contributed by atoms with van der Waals surface area (Å²) >= 11 is 0. The Hall–Kier alpha value is -1.32. The lowest BCUT2D eigenvalue weighted by atomic mass is 10.0. The molecule has 116 valence electrons. The predicted octanol–water partition coefficient (Wildman–Crippen LogP) is 2.38. The second-order valence-corrected chi connectivity index (χ2v) is 4.47. The zero-order valence-electron chi connectivity index (χ0n) is 11.4. The first kappa shape index (κ1) is 19.7. The number of phenolic OH excluding ortho intramolecular Hbond substituents is 1. The number of phenols is 1. The number of nitrogens with zero attached hydrogens (tertiary/aromatic N) is 2. The van der Waals surface area contributed by atoms with Crippen molar-refractivity contribution in [1.82, 2.24) is 10.2 Å². The summed E-state index contributed by atoms with van der Waals surface area (Å²) < 4.78 is 13.6. The quantitative estimate of drug-likeness (QED) is 0.834. The van der Waals surface area contributed by atoms with Gasteiger partial charge in [0.1, 0.15) is 0 Å². The van der Waals surface area contributed by atoms with Gasteiger partial charge in [-0.3, -0.25) is 4.90 Å². The smallest absolute Gasteiger partial charge is 0.166 e. The zero-order valence-corrected chi connectivity index (χ0v) is 13.0. The van der Waals surface area contributed by atoms with E-state index in [2.05, 4.69) is 16.8 Å². The van der Waals surface area contributed by atoms with E-state index in [4.69, 9.17) is 5.26 Å². The third-order valence-corrected chi connectivity index (χ3v) is 3.31. The minimum atomic E-state index is -0.768. The number of hydrogen-bond acceptors (Lipinski definition) is 4. The lowest BCUT2D eigenvalue weighted by Crippen LogP contribution is -2.44. The highest BCUT2D eigenvalue weighted by atomic mass is 35.5. The molecule has 1 saturated heterocycles. The number of hydrogen-bond donors (Lipinski definition) is 2. The second kappa shape index (κ2) is 8.85. The molecule has 0 aromatic heterocycles. The van der Waals surface area contributed by atoms with Gasteiger partial charge >= 0.3 is 0 Å². The van der Waals surface area contributed by atoms with Crippen LogP contribution >= 0.6 is 24.8 Å². The van der Waals surface area contributed by atoms with E-state index in [0.29, 0.717) is 5.56 Å². The first-order chi connectivity index (χ1) is 9.17. The van der Waals surface area contributed by atoms with Crippen molar-refractivity contribution < 1.29 is 9.50 Å². The summed E-state index contributed by atoms with van der Waals surface area (Å²) in [6, 6.07) is 4.17. The first-order valence-corrected chi connectivity index (χ1v) is 6.17. The molecule has 0 unspecified atom stereocenters. The summed E-state index contributed by atoms with van der Waals surface area (Å²) in [5, 5.41) is 22.0. The Balaban J connectivity index is 0.00000200. The molecule has 1 aromatic rings. The maximum Gasteiger partial charge on any atom is 0.166 e. The second-order valence-electron chi connectivity index (χ2n) is 4.47. The van der Waals surface area contributed by atoms with Gasteiger partial charge < -0.3 is 10.4 Å². The summed E-state index contributed by atoms with van der Waals surface area (Å²) in [4.78, 5) is 2.10. The molecule has 1 aliphatic heterocycles. The maximum atomic E-state index is 13.6. The first-order valence-electron chi connectivity index (χ1n) is 6.17. The molecule has 0 radical (unpaired) electrons. The average molecular weight is 334 g/mol. The van der Waals surface area contributed by atoms with E-state index in [1.165, 1.54) is 6.07 Å². The largest absolute Gasteiger partial charge is 0.505 e. The van der Waals surface area contributed by atoms with Crippen LogP contribution in [0.15, 0.2) is 24.8 Å². The number of piperazine rings is 1. The van der Waals surface area contributed by atoms with Gasteiger partial charge in [0.05, 0.1) is 17.7 Å². The number of nitriles is 1. The lowest BCUT2D eigenvalue weighted by molar-refractivity contribution is 0.200. The molecule has 2 rings (SSSR count). The van der Waals surface area contributed by atoms with E-state index in [-0.39, 0.29) is 36.4 Å². The normalized spacial score (nSPS) is 16.0. The van der Waals surface area contributed by atoms with Crippen molar-refractivity contribution in [3.05, 3.63) is 41.7 Å². The minimum Gasteiger partial charge on any atom is -0.505 e. The molecule has 1 aromatic carbocycles. The standard InChI is InChI=1S/C14H16FN3O.2ClH/c1-2-13(18-5-3-17-4-6-18)11-7-10(9-16)8-12(15)14(11)19;;/h2,7-8,13,17,19H,1,3-6H2;2*1H/t13-;;/m0../s1. The summed E-state index contributed by atoms with van der Waals surface area (Å²) in [5.74, 6) is -1.17. The van der Waals surface area contributed by atoms with Gasteiger partial charge in [0, 0.05) is 31.7 Å². The van der Waals surface area contributed by atoms with Gasteiger partial charge in [-0.2, -0.15) is 5.26 Å². The predicted molar refractivity (Wildman–Crippen MR) is 84.7 cm³/mol. The van der Waals surface area contributed by atoms with Gasteiger partial charge in [-0.1, -0.05) is 6.08 Å². The topological polar surface area (TPSA) is 59.3 Å². The van der Waals surface area contributed by atoms with E-state index in [1.54, 1.807) is 6.08 Å². The Kier molecular flexibility index (Phi) is 8.30. The molecule has 1 fully saturated rings. The molecule has 1 heterocycles. The van der Waals surface area contributed by atoms with Gasteiger partial charge in [0.2, 0.25) is 0 Å². The summed E-state index contributed by atoms with van der Waals surface area (Å²) in [7, 11) is 0. The maximum absolute atomic E-state index is 13.6. The van der Waals surface area contributed by atoms with Crippen LogP contribution in [0, 0.1) is 17.1 Å². The number of rotatable bonds is 3. The highest BCUT2D eigenvalue weighted by Crippen LogP contribution is 2.32. The lowest BCUT2D eigenvalue weighted by Gasteiger charge is -2.33. The Labute approximate surface area is 136 Å². The van der Waals surface area contributed by atoms with E-state index in [9.17, 15) is 9.50 Å². The fourth-order valence-corrected chi connectivity index (χ4v) is 2.34. The molecule has 1 atom stereocenters. The third kappa shape index (κ3) is 4.32. The van der Waals surface area contributed by atoms with Crippen LogP contribution in [0.4, 0.5) is 4.39 Å². The highest BCUT2D eigenvalue weighted by Gasteiger charge is 2.24.